The van der Waals surface area contributed by atoms with Gasteiger partial charge in [-0.25, -0.2) is 9.59 Å². The summed E-state index contributed by atoms with van der Waals surface area (Å²) in [5, 5.41) is 20.9. The van der Waals surface area contributed by atoms with Gasteiger partial charge in [0.25, 0.3) is 0 Å². The summed E-state index contributed by atoms with van der Waals surface area (Å²) in [5.74, 6) is -1.00. The van der Waals surface area contributed by atoms with Gasteiger partial charge in [-0.05, 0) is 25.7 Å². The number of piperidine rings is 1. The Morgan fingerprint density at radius 1 is 1.42 bits per heavy atom. The SMILES string of the molecule is CCCC[C@H](NC(=O)N1CCCCC1CO)C(=O)O. The van der Waals surface area contributed by atoms with Gasteiger partial charge in [0, 0.05) is 6.54 Å². The number of aliphatic hydroxyl groups excluding tert-OH is 1. The molecule has 0 aromatic heterocycles. The smallest absolute Gasteiger partial charge is 0.326 e. The van der Waals surface area contributed by atoms with Gasteiger partial charge >= 0.3 is 12.0 Å². The molecule has 1 rings (SSSR count). The van der Waals surface area contributed by atoms with E-state index in [2.05, 4.69) is 5.32 Å². The molecule has 1 unspecified atom stereocenters. The lowest BCUT2D eigenvalue weighted by atomic mass is 10.0. The van der Waals surface area contributed by atoms with Gasteiger partial charge in [0.1, 0.15) is 6.04 Å². The van der Waals surface area contributed by atoms with Gasteiger partial charge < -0.3 is 20.4 Å². The average molecular weight is 272 g/mol. The number of hydrogen-bond donors (Lipinski definition) is 3. The van der Waals surface area contributed by atoms with Crippen molar-refractivity contribution < 1.29 is 19.8 Å². The van der Waals surface area contributed by atoms with Crippen LogP contribution in [0.25, 0.3) is 0 Å². The summed E-state index contributed by atoms with van der Waals surface area (Å²) in [5.41, 5.74) is 0. The van der Waals surface area contributed by atoms with Crippen molar-refractivity contribution >= 4 is 12.0 Å². The largest absolute Gasteiger partial charge is 0.480 e. The molecule has 0 aromatic carbocycles. The lowest BCUT2D eigenvalue weighted by Gasteiger charge is -2.35. The van der Waals surface area contributed by atoms with Gasteiger partial charge in [-0.3, -0.25) is 0 Å². The van der Waals surface area contributed by atoms with Crippen molar-refractivity contribution in [1.82, 2.24) is 10.2 Å². The Morgan fingerprint density at radius 2 is 2.16 bits per heavy atom. The second-order valence-corrected chi connectivity index (χ2v) is 5.01. The molecule has 1 fully saturated rings. The number of urea groups is 1. The van der Waals surface area contributed by atoms with E-state index in [1.54, 1.807) is 4.90 Å². The molecule has 1 heterocycles. The van der Waals surface area contributed by atoms with E-state index in [0.29, 0.717) is 13.0 Å². The number of aliphatic hydroxyl groups is 1. The molecule has 0 radical (unpaired) electrons. The highest BCUT2D eigenvalue weighted by atomic mass is 16.4. The summed E-state index contributed by atoms with van der Waals surface area (Å²) < 4.78 is 0. The molecular weight excluding hydrogens is 248 g/mol. The van der Waals surface area contributed by atoms with Crippen LogP contribution < -0.4 is 5.32 Å². The first-order chi connectivity index (χ1) is 9.10. The maximum absolute atomic E-state index is 12.1. The Hall–Kier alpha value is -1.30. The third-order valence-electron chi connectivity index (χ3n) is 3.54. The van der Waals surface area contributed by atoms with E-state index in [-0.39, 0.29) is 18.7 Å². The number of rotatable bonds is 6. The van der Waals surface area contributed by atoms with Crippen molar-refractivity contribution in [3.8, 4) is 0 Å². The monoisotopic (exact) mass is 272 g/mol. The fourth-order valence-electron chi connectivity index (χ4n) is 2.36. The predicted octanol–water partition coefficient (Wildman–Crippen LogP) is 1.19. The molecule has 1 aliphatic heterocycles. The lowest BCUT2D eigenvalue weighted by molar-refractivity contribution is -0.139. The van der Waals surface area contributed by atoms with Crippen molar-refractivity contribution in [2.24, 2.45) is 0 Å². The molecule has 0 bridgehead atoms. The number of likely N-dealkylation sites (tertiary alicyclic amines) is 1. The van der Waals surface area contributed by atoms with Crippen LogP contribution in [0, 0.1) is 0 Å². The van der Waals surface area contributed by atoms with Gasteiger partial charge in [-0.15, -0.1) is 0 Å². The Balaban J connectivity index is 2.56. The fourth-order valence-corrected chi connectivity index (χ4v) is 2.36. The lowest BCUT2D eigenvalue weighted by Crippen LogP contribution is -2.53. The summed E-state index contributed by atoms with van der Waals surface area (Å²) in [7, 11) is 0. The number of unbranched alkanes of at least 4 members (excludes halogenated alkanes) is 1. The maximum Gasteiger partial charge on any atom is 0.326 e. The second-order valence-electron chi connectivity index (χ2n) is 5.01. The van der Waals surface area contributed by atoms with Crippen molar-refractivity contribution in [3.05, 3.63) is 0 Å². The number of carboxylic acids is 1. The molecule has 0 spiro atoms. The molecule has 2 amide bonds. The van der Waals surface area contributed by atoms with E-state index in [4.69, 9.17) is 5.11 Å². The van der Waals surface area contributed by atoms with E-state index in [1.807, 2.05) is 6.92 Å². The van der Waals surface area contributed by atoms with Crippen LogP contribution in [0.3, 0.4) is 0 Å². The van der Waals surface area contributed by atoms with E-state index in [1.165, 1.54) is 0 Å². The van der Waals surface area contributed by atoms with Crippen LogP contribution in [0.1, 0.15) is 45.4 Å². The number of carboxylic acid groups (broad SMARTS) is 1. The third kappa shape index (κ3) is 4.70. The van der Waals surface area contributed by atoms with Gasteiger partial charge in [-0.1, -0.05) is 19.8 Å². The summed E-state index contributed by atoms with van der Waals surface area (Å²) in [6.45, 7) is 2.49. The molecule has 110 valence electrons. The predicted molar refractivity (Wildman–Crippen MR) is 70.9 cm³/mol. The van der Waals surface area contributed by atoms with Crippen LogP contribution in [-0.4, -0.2) is 52.3 Å². The number of nitrogens with zero attached hydrogens (tertiary/aromatic N) is 1. The highest BCUT2D eigenvalue weighted by molar-refractivity contribution is 5.82. The van der Waals surface area contributed by atoms with Crippen LogP contribution in [-0.2, 0) is 4.79 Å². The van der Waals surface area contributed by atoms with E-state index < -0.39 is 12.0 Å². The van der Waals surface area contributed by atoms with E-state index in [9.17, 15) is 14.7 Å². The quantitative estimate of drug-likeness (QED) is 0.677. The van der Waals surface area contributed by atoms with Crippen molar-refractivity contribution in [3.63, 3.8) is 0 Å². The Labute approximate surface area is 113 Å². The molecule has 6 heteroatoms. The van der Waals surface area contributed by atoms with Gasteiger partial charge in [0.15, 0.2) is 0 Å². The number of aliphatic carboxylic acids is 1. The first kappa shape index (κ1) is 15.8. The maximum atomic E-state index is 12.1. The normalized spacial score (nSPS) is 20.9. The number of hydrogen-bond acceptors (Lipinski definition) is 3. The molecule has 6 nitrogen and oxygen atoms in total. The van der Waals surface area contributed by atoms with Gasteiger partial charge in [-0.2, -0.15) is 0 Å². The van der Waals surface area contributed by atoms with Crippen molar-refractivity contribution in [2.45, 2.75) is 57.5 Å². The minimum absolute atomic E-state index is 0.0693. The molecule has 1 saturated heterocycles. The number of amides is 2. The molecular formula is C13H24N2O4. The molecule has 0 aromatic rings. The van der Waals surface area contributed by atoms with Crippen molar-refractivity contribution in [1.29, 1.82) is 0 Å². The Kier molecular flexibility index (Phi) is 6.62. The fraction of sp³-hybridized carbons (Fsp3) is 0.846. The average Bonchev–Trinajstić information content (AvgIpc) is 2.42. The summed E-state index contributed by atoms with van der Waals surface area (Å²) in [6, 6.07) is -1.40. The molecule has 2 atom stereocenters. The van der Waals surface area contributed by atoms with Crippen LogP contribution in [0.2, 0.25) is 0 Å². The van der Waals surface area contributed by atoms with Crippen LogP contribution >= 0.6 is 0 Å². The molecule has 3 N–H and O–H groups in total. The minimum atomic E-state index is -1.00. The molecule has 1 aliphatic rings. The number of nitrogens with one attached hydrogen (secondary N) is 1. The Bertz CT molecular complexity index is 309. The van der Waals surface area contributed by atoms with Gasteiger partial charge in [0.05, 0.1) is 12.6 Å². The molecule has 19 heavy (non-hydrogen) atoms. The zero-order valence-electron chi connectivity index (χ0n) is 11.5. The zero-order valence-corrected chi connectivity index (χ0v) is 11.5. The first-order valence-electron chi connectivity index (χ1n) is 7.01. The summed E-state index contributed by atoms with van der Waals surface area (Å²) >= 11 is 0. The number of carbonyl (C=O) groups excluding carboxylic acids is 1. The van der Waals surface area contributed by atoms with Crippen molar-refractivity contribution in [2.75, 3.05) is 13.2 Å². The molecule has 0 saturated carbocycles. The van der Waals surface area contributed by atoms with Gasteiger partial charge in [0.2, 0.25) is 0 Å². The molecule has 0 aliphatic carbocycles. The first-order valence-corrected chi connectivity index (χ1v) is 7.01. The third-order valence-corrected chi connectivity index (χ3v) is 3.54. The summed E-state index contributed by atoms with van der Waals surface area (Å²) in [4.78, 5) is 24.7. The minimum Gasteiger partial charge on any atom is -0.480 e. The summed E-state index contributed by atoms with van der Waals surface area (Å²) in [6.07, 6.45) is 4.76. The highest BCUT2D eigenvalue weighted by Crippen LogP contribution is 2.16. The van der Waals surface area contributed by atoms with Crippen LogP contribution in [0.4, 0.5) is 4.79 Å². The van der Waals surface area contributed by atoms with E-state index >= 15 is 0 Å². The highest BCUT2D eigenvalue weighted by Gasteiger charge is 2.29. The Morgan fingerprint density at radius 3 is 2.74 bits per heavy atom. The zero-order chi connectivity index (χ0) is 14.3. The van der Waals surface area contributed by atoms with E-state index in [0.717, 1.165) is 32.1 Å². The second kappa shape index (κ2) is 7.99. The topological polar surface area (TPSA) is 89.9 Å². The standard InChI is InChI=1S/C13H24N2O4/c1-2-3-7-11(12(17)18)14-13(19)15-8-5-4-6-10(15)9-16/h10-11,16H,2-9H2,1H3,(H,14,19)(H,17,18)/t10?,11-/m0/s1. The van der Waals surface area contributed by atoms with Crippen LogP contribution in [0.15, 0.2) is 0 Å². The van der Waals surface area contributed by atoms with Crippen LogP contribution in [0.5, 0.6) is 0 Å². The number of carbonyl (C=O) groups is 2.